The van der Waals surface area contributed by atoms with Gasteiger partial charge in [-0.15, -0.1) is 0 Å². The summed E-state index contributed by atoms with van der Waals surface area (Å²) in [5.41, 5.74) is 0.246. The molecule has 0 atom stereocenters. The fourth-order valence-corrected chi connectivity index (χ4v) is 1.71. The van der Waals surface area contributed by atoms with Crippen LogP contribution in [0.25, 0.3) is 0 Å². The van der Waals surface area contributed by atoms with Crippen LogP contribution in [0, 0.1) is 0 Å². The highest BCUT2D eigenvalue weighted by Gasteiger charge is 2.17. The Morgan fingerprint density at radius 2 is 1.25 bits per heavy atom. The van der Waals surface area contributed by atoms with Gasteiger partial charge in [0.2, 0.25) is 0 Å². The quantitative estimate of drug-likeness (QED) is 0.470. The third-order valence-electron chi connectivity index (χ3n) is 3.75. The first kappa shape index (κ1) is 19.8. The maximum absolute atomic E-state index is 5.53. The molecule has 0 fully saturated rings. The van der Waals surface area contributed by atoms with Gasteiger partial charge in [-0.05, 0) is 26.2 Å². The zero-order valence-electron chi connectivity index (χ0n) is 14.0. The molecule has 0 aliphatic rings. The molecule has 0 spiro atoms. The molecular weight excluding hydrogens is 254 g/mol. The maximum atomic E-state index is 5.53. The molecule has 0 amide bonds. The lowest BCUT2D eigenvalue weighted by atomic mass is 9.96. The lowest BCUT2D eigenvalue weighted by molar-refractivity contribution is 0.0138. The van der Waals surface area contributed by atoms with Crippen LogP contribution < -0.4 is 5.32 Å². The van der Waals surface area contributed by atoms with E-state index in [0.717, 1.165) is 39.0 Å². The van der Waals surface area contributed by atoms with Gasteiger partial charge in [0.05, 0.1) is 33.0 Å². The summed E-state index contributed by atoms with van der Waals surface area (Å²) in [6.07, 6.45) is 4.59. The van der Waals surface area contributed by atoms with Crippen molar-refractivity contribution in [2.75, 3.05) is 46.2 Å². The van der Waals surface area contributed by atoms with Crippen molar-refractivity contribution in [3.63, 3.8) is 0 Å². The highest BCUT2D eigenvalue weighted by Crippen LogP contribution is 2.12. The smallest absolute Gasteiger partial charge is 0.0701 e. The number of unbranched alkanes of at least 4 members (excludes halogenated alkanes) is 1. The molecular formula is C16H35NO3. The standard InChI is InChI=1S/C16H35NO3/c1-5-8-10-18-12-14-20-15-13-19-11-9-17-16(4,6-2)7-3/h17H,5-15H2,1-4H3. The summed E-state index contributed by atoms with van der Waals surface area (Å²) in [6, 6.07) is 0. The number of nitrogens with one attached hydrogen (secondary N) is 1. The summed E-state index contributed by atoms with van der Waals surface area (Å²) >= 11 is 0. The molecule has 0 aromatic heterocycles. The molecule has 1 N–H and O–H groups in total. The van der Waals surface area contributed by atoms with Crippen molar-refractivity contribution in [3.8, 4) is 0 Å². The summed E-state index contributed by atoms with van der Waals surface area (Å²) in [7, 11) is 0. The minimum Gasteiger partial charge on any atom is -0.379 e. The molecule has 0 unspecified atom stereocenters. The van der Waals surface area contributed by atoms with Crippen molar-refractivity contribution in [2.24, 2.45) is 0 Å². The number of ether oxygens (including phenoxy) is 3. The van der Waals surface area contributed by atoms with Crippen LogP contribution in [-0.4, -0.2) is 51.7 Å². The van der Waals surface area contributed by atoms with Gasteiger partial charge in [-0.25, -0.2) is 0 Å². The Morgan fingerprint density at radius 1 is 0.750 bits per heavy atom. The van der Waals surface area contributed by atoms with Gasteiger partial charge < -0.3 is 19.5 Å². The topological polar surface area (TPSA) is 39.7 Å². The van der Waals surface area contributed by atoms with Crippen molar-refractivity contribution in [1.29, 1.82) is 0 Å². The summed E-state index contributed by atoms with van der Waals surface area (Å²) in [6.45, 7) is 14.0. The van der Waals surface area contributed by atoms with E-state index in [1.165, 1.54) is 6.42 Å². The van der Waals surface area contributed by atoms with Crippen LogP contribution >= 0.6 is 0 Å². The molecule has 20 heavy (non-hydrogen) atoms. The number of hydrogen-bond acceptors (Lipinski definition) is 4. The van der Waals surface area contributed by atoms with Crippen molar-refractivity contribution >= 4 is 0 Å². The Balaban J connectivity index is 3.17. The molecule has 0 saturated carbocycles. The second-order valence-electron chi connectivity index (χ2n) is 5.39. The van der Waals surface area contributed by atoms with Gasteiger partial charge in [0.25, 0.3) is 0 Å². The van der Waals surface area contributed by atoms with E-state index in [0.29, 0.717) is 26.4 Å². The summed E-state index contributed by atoms with van der Waals surface area (Å²) in [4.78, 5) is 0. The minimum absolute atomic E-state index is 0.246. The molecule has 0 saturated heterocycles. The van der Waals surface area contributed by atoms with E-state index in [1.807, 2.05) is 0 Å². The van der Waals surface area contributed by atoms with Gasteiger partial charge in [-0.1, -0.05) is 27.2 Å². The molecule has 0 radical (unpaired) electrons. The van der Waals surface area contributed by atoms with Gasteiger partial charge in [0.15, 0.2) is 0 Å². The van der Waals surface area contributed by atoms with Crippen LogP contribution in [-0.2, 0) is 14.2 Å². The van der Waals surface area contributed by atoms with E-state index in [-0.39, 0.29) is 5.54 Å². The Hall–Kier alpha value is -0.160. The zero-order valence-corrected chi connectivity index (χ0v) is 14.0. The Labute approximate surface area is 125 Å². The third kappa shape index (κ3) is 11.6. The fourth-order valence-electron chi connectivity index (χ4n) is 1.71. The van der Waals surface area contributed by atoms with Gasteiger partial charge in [0, 0.05) is 18.7 Å². The van der Waals surface area contributed by atoms with Crippen LogP contribution in [0.2, 0.25) is 0 Å². The zero-order chi connectivity index (χ0) is 15.1. The van der Waals surface area contributed by atoms with Crippen molar-refractivity contribution < 1.29 is 14.2 Å². The van der Waals surface area contributed by atoms with E-state index in [2.05, 4.69) is 33.0 Å². The van der Waals surface area contributed by atoms with E-state index in [9.17, 15) is 0 Å². The lowest BCUT2D eigenvalue weighted by Crippen LogP contribution is -2.42. The maximum Gasteiger partial charge on any atom is 0.0701 e. The van der Waals surface area contributed by atoms with Crippen LogP contribution in [0.4, 0.5) is 0 Å². The average molecular weight is 289 g/mol. The van der Waals surface area contributed by atoms with Gasteiger partial charge in [0.1, 0.15) is 0 Å². The average Bonchev–Trinajstić information content (AvgIpc) is 2.48. The van der Waals surface area contributed by atoms with Crippen LogP contribution in [0.15, 0.2) is 0 Å². The van der Waals surface area contributed by atoms with E-state index >= 15 is 0 Å². The monoisotopic (exact) mass is 289 g/mol. The van der Waals surface area contributed by atoms with Gasteiger partial charge >= 0.3 is 0 Å². The molecule has 0 aromatic carbocycles. The number of rotatable bonds is 15. The first-order valence-corrected chi connectivity index (χ1v) is 8.16. The molecule has 0 aliphatic carbocycles. The van der Waals surface area contributed by atoms with E-state index in [4.69, 9.17) is 14.2 Å². The van der Waals surface area contributed by atoms with Gasteiger partial charge in [-0.3, -0.25) is 0 Å². The Morgan fingerprint density at radius 3 is 1.75 bits per heavy atom. The van der Waals surface area contributed by atoms with Crippen molar-refractivity contribution in [1.82, 2.24) is 5.32 Å². The first-order chi connectivity index (χ1) is 9.68. The summed E-state index contributed by atoms with van der Waals surface area (Å²) < 4.78 is 16.4. The predicted molar refractivity (Wildman–Crippen MR) is 84.4 cm³/mol. The Kier molecular flexibility index (Phi) is 13.7. The predicted octanol–water partition coefficient (Wildman–Crippen LogP) is 3.00. The molecule has 0 rings (SSSR count). The highest BCUT2D eigenvalue weighted by atomic mass is 16.5. The largest absolute Gasteiger partial charge is 0.379 e. The molecule has 4 nitrogen and oxygen atoms in total. The molecule has 0 bridgehead atoms. The van der Waals surface area contributed by atoms with Crippen LogP contribution in [0.3, 0.4) is 0 Å². The Bertz CT molecular complexity index is 196. The van der Waals surface area contributed by atoms with Crippen molar-refractivity contribution in [3.05, 3.63) is 0 Å². The highest BCUT2D eigenvalue weighted by molar-refractivity contribution is 4.79. The lowest BCUT2D eigenvalue weighted by Gasteiger charge is -2.28. The molecule has 4 heteroatoms. The SMILES string of the molecule is CCCCOCCOCCOCCNC(C)(CC)CC. The third-order valence-corrected chi connectivity index (χ3v) is 3.75. The molecule has 0 heterocycles. The van der Waals surface area contributed by atoms with Crippen LogP contribution in [0.5, 0.6) is 0 Å². The van der Waals surface area contributed by atoms with Gasteiger partial charge in [-0.2, -0.15) is 0 Å². The summed E-state index contributed by atoms with van der Waals surface area (Å²) in [5, 5.41) is 3.54. The first-order valence-electron chi connectivity index (χ1n) is 8.16. The second-order valence-corrected chi connectivity index (χ2v) is 5.39. The van der Waals surface area contributed by atoms with E-state index in [1.54, 1.807) is 0 Å². The van der Waals surface area contributed by atoms with Crippen molar-refractivity contribution in [2.45, 2.75) is 58.9 Å². The normalized spacial score (nSPS) is 12.0. The minimum atomic E-state index is 0.246. The fraction of sp³-hybridized carbons (Fsp3) is 1.00. The second kappa shape index (κ2) is 13.8. The number of hydrogen-bond donors (Lipinski definition) is 1. The molecule has 0 aromatic rings. The van der Waals surface area contributed by atoms with E-state index < -0.39 is 0 Å². The summed E-state index contributed by atoms with van der Waals surface area (Å²) in [5.74, 6) is 0. The molecule has 122 valence electrons. The van der Waals surface area contributed by atoms with Crippen LogP contribution in [0.1, 0.15) is 53.4 Å². The molecule has 0 aliphatic heterocycles.